The first-order valence-corrected chi connectivity index (χ1v) is 13.2. The van der Waals surface area contributed by atoms with Crippen molar-refractivity contribution in [3.05, 3.63) is 94.0 Å². The predicted octanol–water partition coefficient (Wildman–Crippen LogP) is 7.83. The van der Waals surface area contributed by atoms with Crippen LogP contribution in [0.1, 0.15) is 49.3 Å². The SMILES string of the molecule is Clc1ccc(C(c2ccc(Oc3ccccc3)cc2)N2CCN(C3CCCCC3)CC2)c(Cl)c1. The van der Waals surface area contributed by atoms with Crippen LogP contribution in [0.4, 0.5) is 0 Å². The number of hydrogen-bond donors (Lipinski definition) is 0. The van der Waals surface area contributed by atoms with E-state index in [1.165, 1.54) is 37.7 Å². The maximum Gasteiger partial charge on any atom is 0.127 e. The van der Waals surface area contributed by atoms with Gasteiger partial charge in [0.2, 0.25) is 0 Å². The van der Waals surface area contributed by atoms with E-state index >= 15 is 0 Å². The summed E-state index contributed by atoms with van der Waals surface area (Å²) in [4.78, 5) is 5.29. The van der Waals surface area contributed by atoms with Gasteiger partial charge in [0, 0.05) is 42.3 Å². The van der Waals surface area contributed by atoms with Crippen LogP contribution >= 0.6 is 23.2 Å². The van der Waals surface area contributed by atoms with Crippen molar-refractivity contribution >= 4 is 23.2 Å². The molecule has 5 heteroatoms. The van der Waals surface area contributed by atoms with Gasteiger partial charge >= 0.3 is 0 Å². The Morgan fingerprint density at radius 1 is 0.735 bits per heavy atom. The van der Waals surface area contributed by atoms with Crippen LogP contribution in [0.3, 0.4) is 0 Å². The third-order valence-corrected chi connectivity index (χ3v) is 7.80. The fraction of sp³-hybridized carbons (Fsp3) is 0.379. The van der Waals surface area contributed by atoms with Crippen molar-refractivity contribution < 1.29 is 4.74 Å². The Morgan fingerprint density at radius 3 is 2.09 bits per heavy atom. The number of nitrogens with zero attached hydrogens (tertiary/aromatic N) is 2. The Bertz CT molecular complexity index is 1060. The molecule has 1 heterocycles. The standard InChI is InChI=1S/C29H32Cl2N2O/c30-23-13-16-27(28(31)21-23)29(33-19-17-32(18-20-33)24-7-3-1-4-8-24)22-11-14-26(15-12-22)34-25-9-5-2-6-10-25/h2,5-6,9-16,21,24,29H,1,3-4,7-8,17-20H2. The van der Waals surface area contributed by atoms with Crippen LogP contribution in [0, 0.1) is 0 Å². The van der Waals surface area contributed by atoms with Gasteiger partial charge in [-0.05, 0) is 60.4 Å². The molecule has 1 unspecified atom stereocenters. The highest BCUT2D eigenvalue weighted by Crippen LogP contribution is 2.37. The Labute approximate surface area is 213 Å². The van der Waals surface area contributed by atoms with E-state index in [9.17, 15) is 0 Å². The Balaban J connectivity index is 1.37. The molecule has 0 N–H and O–H groups in total. The molecule has 0 radical (unpaired) electrons. The first kappa shape index (κ1) is 23.7. The van der Waals surface area contributed by atoms with Gasteiger partial charge in [-0.2, -0.15) is 0 Å². The average molecular weight is 495 g/mol. The third-order valence-electron chi connectivity index (χ3n) is 7.24. The molecule has 1 aliphatic carbocycles. The molecule has 1 saturated carbocycles. The van der Waals surface area contributed by atoms with Gasteiger partial charge in [-0.25, -0.2) is 0 Å². The van der Waals surface area contributed by atoms with E-state index in [0.29, 0.717) is 5.02 Å². The zero-order chi connectivity index (χ0) is 23.3. The predicted molar refractivity (Wildman–Crippen MR) is 141 cm³/mol. The summed E-state index contributed by atoms with van der Waals surface area (Å²) in [7, 11) is 0. The molecule has 5 rings (SSSR count). The molecule has 2 aliphatic rings. The van der Waals surface area contributed by atoms with Gasteiger partial charge in [-0.3, -0.25) is 9.80 Å². The molecular formula is C29H32Cl2N2O. The number of halogens is 2. The lowest BCUT2D eigenvalue weighted by Crippen LogP contribution is -2.51. The van der Waals surface area contributed by atoms with Gasteiger partial charge in [0.15, 0.2) is 0 Å². The fourth-order valence-electron chi connectivity index (χ4n) is 5.46. The number of para-hydroxylation sites is 1. The van der Waals surface area contributed by atoms with Gasteiger partial charge in [0.1, 0.15) is 11.5 Å². The van der Waals surface area contributed by atoms with Crippen LogP contribution in [0.15, 0.2) is 72.8 Å². The molecule has 3 aromatic carbocycles. The molecule has 0 amide bonds. The number of rotatable bonds is 6. The molecule has 1 saturated heterocycles. The van der Waals surface area contributed by atoms with E-state index in [2.05, 4.69) is 40.1 Å². The number of benzene rings is 3. The maximum atomic E-state index is 6.74. The minimum absolute atomic E-state index is 0.0871. The monoisotopic (exact) mass is 494 g/mol. The molecule has 34 heavy (non-hydrogen) atoms. The highest BCUT2D eigenvalue weighted by molar-refractivity contribution is 6.35. The number of piperazine rings is 1. The molecule has 1 aliphatic heterocycles. The average Bonchev–Trinajstić information content (AvgIpc) is 2.88. The molecule has 3 nitrogen and oxygen atoms in total. The molecule has 0 spiro atoms. The summed E-state index contributed by atoms with van der Waals surface area (Å²) in [5, 5.41) is 1.39. The molecule has 2 fully saturated rings. The highest BCUT2D eigenvalue weighted by atomic mass is 35.5. The molecule has 1 atom stereocenters. The summed E-state index contributed by atoms with van der Waals surface area (Å²) < 4.78 is 6.02. The van der Waals surface area contributed by atoms with E-state index in [4.69, 9.17) is 27.9 Å². The van der Waals surface area contributed by atoms with Crippen molar-refractivity contribution in [3.63, 3.8) is 0 Å². The Morgan fingerprint density at radius 2 is 1.41 bits per heavy atom. The zero-order valence-electron chi connectivity index (χ0n) is 19.5. The lowest BCUT2D eigenvalue weighted by Gasteiger charge is -2.43. The normalized spacial score (nSPS) is 19.1. The summed E-state index contributed by atoms with van der Waals surface area (Å²) in [5.74, 6) is 1.67. The number of hydrogen-bond acceptors (Lipinski definition) is 3. The topological polar surface area (TPSA) is 15.7 Å². The quantitative estimate of drug-likeness (QED) is 0.347. The van der Waals surface area contributed by atoms with E-state index in [0.717, 1.165) is 54.3 Å². The van der Waals surface area contributed by atoms with Crippen LogP contribution in [0.5, 0.6) is 11.5 Å². The third kappa shape index (κ3) is 5.60. The zero-order valence-corrected chi connectivity index (χ0v) is 21.0. The van der Waals surface area contributed by atoms with Crippen molar-refractivity contribution in [2.45, 2.75) is 44.2 Å². The highest BCUT2D eigenvalue weighted by Gasteiger charge is 2.30. The molecule has 3 aromatic rings. The van der Waals surface area contributed by atoms with E-state index in [1.807, 2.05) is 42.5 Å². The van der Waals surface area contributed by atoms with Crippen molar-refractivity contribution in [2.24, 2.45) is 0 Å². The lowest BCUT2D eigenvalue weighted by molar-refractivity contribution is 0.0647. The van der Waals surface area contributed by atoms with Crippen LogP contribution in [-0.2, 0) is 0 Å². The largest absolute Gasteiger partial charge is 0.457 e. The first-order chi connectivity index (χ1) is 16.7. The van der Waals surface area contributed by atoms with E-state index in [-0.39, 0.29) is 6.04 Å². The van der Waals surface area contributed by atoms with Crippen molar-refractivity contribution in [3.8, 4) is 11.5 Å². The van der Waals surface area contributed by atoms with Crippen molar-refractivity contribution in [2.75, 3.05) is 26.2 Å². The summed E-state index contributed by atoms with van der Waals surface area (Å²) >= 11 is 13.0. The van der Waals surface area contributed by atoms with E-state index < -0.39 is 0 Å². The second kappa shape index (κ2) is 11.1. The molecule has 178 valence electrons. The molecule has 0 aromatic heterocycles. The molecular weight excluding hydrogens is 463 g/mol. The Kier molecular flexibility index (Phi) is 7.76. The maximum absolute atomic E-state index is 6.74. The van der Waals surface area contributed by atoms with Crippen LogP contribution in [0.25, 0.3) is 0 Å². The fourth-order valence-corrected chi connectivity index (χ4v) is 5.97. The van der Waals surface area contributed by atoms with Gasteiger partial charge in [0.25, 0.3) is 0 Å². The van der Waals surface area contributed by atoms with Gasteiger partial charge in [-0.1, -0.05) is 78.9 Å². The van der Waals surface area contributed by atoms with Gasteiger partial charge < -0.3 is 4.74 Å². The second-order valence-corrected chi connectivity index (χ2v) is 10.3. The second-order valence-electron chi connectivity index (χ2n) is 9.42. The summed E-state index contributed by atoms with van der Waals surface area (Å²) in [6, 6.07) is 25.1. The summed E-state index contributed by atoms with van der Waals surface area (Å²) in [6.45, 7) is 4.29. The number of ether oxygens (including phenoxy) is 1. The lowest BCUT2D eigenvalue weighted by atomic mass is 9.93. The summed E-state index contributed by atoms with van der Waals surface area (Å²) in [5.41, 5.74) is 2.32. The van der Waals surface area contributed by atoms with Crippen molar-refractivity contribution in [1.82, 2.24) is 9.80 Å². The molecule has 0 bridgehead atoms. The van der Waals surface area contributed by atoms with E-state index in [1.54, 1.807) is 0 Å². The first-order valence-electron chi connectivity index (χ1n) is 12.4. The van der Waals surface area contributed by atoms with Crippen LogP contribution in [0.2, 0.25) is 10.0 Å². The Hall–Kier alpha value is -2.04. The van der Waals surface area contributed by atoms with Crippen molar-refractivity contribution in [1.29, 1.82) is 0 Å². The minimum atomic E-state index is 0.0871. The minimum Gasteiger partial charge on any atom is -0.457 e. The summed E-state index contributed by atoms with van der Waals surface area (Å²) in [6.07, 6.45) is 6.87. The smallest absolute Gasteiger partial charge is 0.127 e. The van der Waals surface area contributed by atoms with Crippen LogP contribution < -0.4 is 4.74 Å². The van der Waals surface area contributed by atoms with Gasteiger partial charge in [0.05, 0.1) is 6.04 Å². The van der Waals surface area contributed by atoms with Gasteiger partial charge in [-0.15, -0.1) is 0 Å². The van der Waals surface area contributed by atoms with Crippen LogP contribution in [-0.4, -0.2) is 42.0 Å².